The summed E-state index contributed by atoms with van der Waals surface area (Å²) in [5.74, 6) is -0.874. The van der Waals surface area contributed by atoms with Crippen LogP contribution < -0.4 is 5.32 Å². The number of amides is 1. The molecular weight excluding hydrogens is 350 g/mol. The van der Waals surface area contributed by atoms with Gasteiger partial charge in [0.15, 0.2) is 23.2 Å². The smallest absolute Gasteiger partial charge is 0.336 e. The fraction of sp³-hybridized carbons (Fsp3) is 0.176. The predicted octanol–water partition coefficient (Wildman–Crippen LogP) is 0.806. The van der Waals surface area contributed by atoms with Crippen molar-refractivity contribution in [2.24, 2.45) is 0 Å². The molecule has 0 aliphatic heterocycles. The Balaban J connectivity index is 1.79. The third-order valence-electron chi connectivity index (χ3n) is 3.93. The molecule has 1 aromatic carbocycles. The van der Waals surface area contributed by atoms with E-state index in [9.17, 15) is 9.59 Å². The summed E-state index contributed by atoms with van der Waals surface area (Å²) in [5, 5.41) is 18.7. The molecule has 1 atom stereocenters. The molecule has 0 saturated carbocycles. The Morgan fingerprint density at radius 3 is 2.63 bits per heavy atom. The number of nitrogens with one attached hydrogen (secondary N) is 1. The van der Waals surface area contributed by atoms with Crippen LogP contribution in [-0.4, -0.2) is 47.9 Å². The van der Waals surface area contributed by atoms with Crippen molar-refractivity contribution < 1.29 is 14.3 Å². The van der Waals surface area contributed by atoms with Crippen LogP contribution in [0.3, 0.4) is 0 Å². The molecule has 0 saturated heterocycles. The maximum Gasteiger partial charge on any atom is 0.336 e. The molecule has 10 heteroatoms. The summed E-state index contributed by atoms with van der Waals surface area (Å²) >= 11 is 0. The number of hydrogen-bond donors (Lipinski definition) is 1. The summed E-state index contributed by atoms with van der Waals surface area (Å²) < 4.78 is 8.28. The van der Waals surface area contributed by atoms with Crippen molar-refractivity contribution in [3.05, 3.63) is 60.2 Å². The van der Waals surface area contributed by atoms with E-state index < -0.39 is 17.9 Å². The Labute approximate surface area is 152 Å². The number of ether oxygens (including phenoxy) is 1. The Morgan fingerprint density at radius 1 is 1.07 bits per heavy atom. The van der Waals surface area contributed by atoms with Crippen molar-refractivity contribution in [2.75, 3.05) is 6.61 Å². The Bertz CT molecular complexity index is 1120. The molecule has 4 rings (SSSR count). The molecule has 1 N–H and O–H groups in total. The van der Waals surface area contributed by atoms with E-state index in [1.165, 1.54) is 6.33 Å². The lowest BCUT2D eigenvalue weighted by Crippen LogP contribution is -2.36. The molecule has 3 aromatic heterocycles. The highest BCUT2D eigenvalue weighted by Gasteiger charge is 2.30. The van der Waals surface area contributed by atoms with Crippen LogP contribution in [0.4, 0.5) is 0 Å². The molecule has 4 aromatic rings. The zero-order valence-electron chi connectivity index (χ0n) is 14.3. The van der Waals surface area contributed by atoms with E-state index in [-0.39, 0.29) is 12.4 Å². The highest BCUT2D eigenvalue weighted by molar-refractivity contribution is 5.96. The van der Waals surface area contributed by atoms with E-state index in [4.69, 9.17) is 4.74 Å². The minimum atomic E-state index is -1.15. The number of fused-ring (bicyclic) bond motifs is 3. The summed E-state index contributed by atoms with van der Waals surface area (Å²) in [6.07, 6.45) is 1.47. The van der Waals surface area contributed by atoms with E-state index in [0.717, 1.165) is 0 Å². The van der Waals surface area contributed by atoms with Gasteiger partial charge in [0.05, 0.1) is 6.61 Å². The van der Waals surface area contributed by atoms with Crippen LogP contribution in [0.15, 0.2) is 48.8 Å². The molecule has 10 nitrogen and oxygen atoms in total. The van der Waals surface area contributed by atoms with Crippen LogP contribution in [0.2, 0.25) is 0 Å². The summed E-state index contributed by atoms with van der Waals surface area (Å²) in [6.45, 7) is 1.85. The molecule has 0 bridgehead atoms. The first kappa shape index (κ1) is 16.6. The van der Waals surface area contributed by atoms with Crippen molar-refractivity contribution in [2.45, 2.75) is 13.0 Å². The fourth-order valence-corrected chi connectivity index (χ4v) is 2.72. The van der Waals surface area contributed by atoms with E-state index >= 15 is 0 Å². The first-order valence-corrected chi connectivity index (χ1v) is 8.25. The topological polar surface area (TPSA) is 116 Å². The van der Waals surface area contributed by atoms with Gasteiger partial charge in [0, 0.05) is 5.56 Å². The monoisotopic (exact) mass is 365 g/mol. The number of carbonyl (C=O) groups excluding carboxylic acids is 2. The van der Waals surface area contributed by atoms with Crippen LogP contribution in [-0.2, 0) is 9.53 Å². The second-order valence-electron chi connectivity index (χ2n) is 5.62. The molecule has 0 aliphatic carbocycles. The minimum Gasteiger partial charge on any atom is -0.464 e. The van der Waals surface area contributed by atoms with Gasteiger partial charge in [0.2, 0.25) is 0 Å². The molecule has 3 heterocycles. The number of nitrogens with zero attached hydrogens (tertiary/aromatic N) is 6. The van der Waals surface area contributed by atoms with Gasteiger partial charge in [-0.15, -0.1) is 20.4 Å². The van der Waals surface area contributed by atoms with Crippen LogP contribution >= 0.6 is 0 Å². The standard InChI is InChI=1S/C17H15N7O3/c1-2-27-17(26)14(19-16(25)11-6-4-3-5-7-11)15-22-21-13-9-8-12-20-18-10-23(12)24(13)15/h3-10,14H,2H2,1H3,(H,19,25). The summed E-state index contributed by atoms with van der Waals surface area (Å²) in [4.78, 5) is 25.2. The third kappa shape index (κ3) is 2.97. The van der Waals surface area contributed by atoms with Gasteiger partial charge in [0.25, 0.3) is 5.91 Å². The summed E-state index contributed by atoms with van der Waals surface area (Å²) in [6, 6.07) is 10.8. The van der Waals surface area contributed by atoms with Crippen molar-refractivity contribution in [1.29, 1.82) is 0 Å². The highest BCUT2D eigenvalue weighted by atomic mass is 16.5. The molecular formula is C17H15N7O3. The third-order valence-corrected chi connectivity index (χ3v) is 3.93. The number of rotatable bonds is 5. The average molecular weight is 365 g/mol. The van der Waals surface area contributed by atoms with Gasteiger partial charge in [-0.05, 0) is 31.2 Å². The van der Waals surface area contributed by atoms with Crippen LogP contribution in [0, 0.1) is 0 Å². The van der Waals surface area contributed by atoms with Gasteiger partial charge >= 0.3 is 5.97 Å². The quantitative estimate of drug-likeness (QED) is 0.520. The van der Waals surface area contributed by atoms with Crippen LogP contribution in [0.5, 0.6) is 0 Å². The van der Waals surface area contributed by atoms with Gasteiger partial charge in [-0.1, -0.05) is 18.2 Å². The predicted molar refractivity (Wildman–Crippen MR) is 92.8 cm³/mol. The molecule has 136 valence electrons. The maximum atomic E-state index is 12.6. The molecule has 0 radical (unpaired) electrons. The number of benzene rings is 1. The molecule has 1 unspecified atom stereocenters. The first-order chi connectivity index (χ1) is 13.2. The second kappa shape index (κ2) is 6.83. The average Bonchev–Trinajstić information content (AvgIpc) is 3.33. The van der Waals surface area contributed by atoms with Gasteiger partial charge < -0.3 is 10.1 Å². The highest BCUT2D eigenvalue weighted by Crippen LogP contribution is 2.16. The lowest BCUT2D eigenvalue weighted by atomic mass is 10.2. The Morgan fingerprint density at radius 2 is 1.85 bits per heavy atom. The number of carbonyl (C=O) groups is 2. The van der Waals surface area contributed by atoms with Crippen molar-refractivity contribution >= 4 is 23.2 Å². The molecule has 1 amide bonds. The van der Waals surface area contributed by atoms with Gasteiger partial charge in [-0.3, -0.25) is 4.79 Å². The number of hydrogen-bond acceptors (Lipinski definition) is 7. The largest absolute Gasteiger partial charge is 0.464 e. The maximum absolute atomic E-state index is 12.6. The Hall–Kier alpha value is -3.82. The van der Waals surface area contributed by atoms with Gasteiger partial charge in [0.1, 0.15) is 6.33 Å². The SMILES string of the molecule is CCOC(=O)C(NC(=O)c1ccccc1)c1nnc2ccc3nncn3n12. The molecule has 0 aliphatic rings. The van der Waals surface area contributed by atoms with Crippen molar-refractivity contribution in [3.63, 3.8) is 0 Å². The normalized spacial score (nSPS) is 12.2. The molecule has 0 spiro atoms. The fourth-order valence-electron chi connectivity index (χ4n) is 2.72. The first-order valence-electron chi connectivity index (χ1n) is 8.25. The van der Waals surface area contributed by atoms with Gasteiger partial charge in [-0.25, -0.2) is 13.8 Å². The summed E-state index contributed by atoms with van der Waals surface area (Å²) in [7, 11) is 0. The van der Waals surface area contributed by atoms with Crippen LogP contribution in [0.1, 0.15) is 29.1 Å². The van der Waals surface area contributed by atoms with E-state index in [2.05, 4.69) is 25.7 Å². The van der Waals surface area contributed by atoms with Crippen LogP contribution in [0.25, 0.3) is 11.3 Å². The van der Waals surface area contributed by atoms with E-state index in [1.807, 2.05) is 0 Å². The van der Waals surface area contributed by atoms with E-state index in [0.29, 0.717) is 16.9 Å². The summed E-state index contributed by atoms with van der Waals surface area (Å²) in [5.41, 5.74) is 1.43. The lowest BCUT2D eigenvalue weighted by Gasteiger charge is -2.16. The second-order valence-corrected chi connectivity index (χ2v) is 5.62. The van der Waals surface area contributed by atoms with Crippen molar-refractivity contribution in [3.8, 4) is 0 Å². The zero-order valence-corrected chi connectivity index (χ0v) is 14.3. The van der Waals surface area contributed by atoms with Crippen molar-refractivity contribution in [1.82, 2.24) is 34.7 Å². The number of esters is 1. The molecule has 27 heavy (non-hydrogen) atoms. The number of aromatic nitrogens is 6. The minimum absolute atomic E-state index is 0.162. The molecule has 0 fully saturated rings. The van der Waals surface area contributed by atoms with Gasteiger partial charge in [-0.2, -0.15) is 0 Å². The Kier molecular flexibility index (Phi) is 4.21. The zero-order chi connectivity index (χ0) is 18.8. The van der Waals surface area contributed by atoms with E-state index in [1.54, 1.807) is 58.4 Å². The lowest BCUT2D eigenvalue weighted by molar-refractivity contribution is -0.145.